The lowest BCUT2D eigenvalue weighted by Crippen LogP contribution is -2.35. The van der Waals surface area contributed by atoms with Gasteiger partial charge in [-0.25, -0.2) is 9.71 Å². The van der Waals surface area contributed by atoms with Gasteiger partial charge in [0, 0.05) is 36.6 Å². The summed E-state index contributed by atoms with van der Waals surface area (Å²) in [6, 6.07) is 10.6. The summed E-state index contributed by atoms with van der Waals surface area (Å²) in [6.07, 6.45) is 1.45. The quantitative estimate of drug-likeness (QED) is 0.281. The lowest BCUT2D eigenvalue weighted by Gasteiger charge is -2.16. The largest absolute Gasteiger partial charge is 0.493 e. The van der Waals surface area contributed by atoms with Crippen molar-refractivity contribution in [3.8, 4) is 17.2 Å². The smallest absolute Gasteiger partial charge is 0.277 e. The number of nitrogens with one attached hydrogen (secondary N) is 4. The molecule has 0 atom stereocenters. The van der Waals surface area contributed by atoms with E-state index in [2.05, 4.69) is 30.0 Å². The molecule has 0 aliphatic rings. The van der Waals surface area contributed by atoms with E-state index in [0.29, 0.717) is 40.0 Å². The molecule has 1 heterocycles. The van der Waals surface area contributed by atoms with Gasteiger partial charge in [-0.05, 0) is 11.6 Å². The second-order valence-electron chi connectivity index (χ2n) is 7.03. The van der Waals surface area contributed by atoms with Gasteiger partial charge in [0.25, 0.3) is 10.2 Å². The Labute approximate surface area is 209 Å². The van der Waals surface area contributed by atoms with Crippen LogP contribution >= 0.6 is 11.6 Å². The lowest BCUT2D eigenvalue weighted by molar-refractivity contribution is 0.324. The molecule has 0 aliphatic heterocycles. The number of benzene rings is 2. The van der Waals surface area contributed by atoms with Gasteiger partial charge in [0.2, 0.25) is 11.7 Å². The summed E-state index contributed by atoms with van der Waals surface area (Å²) in [5, 5.41) is 6.53. The Balaban J connectivity index is 1.84. The highest BCUT2D eigenvalue weighted by atomic mass is 35.5. The molecule has 0 radical (unpaired) electrons. The van der Waals surface area contributed by atoms with E-state index >= 15 is 0 Å². The highest BCUT2D eigenvalue weighted by Crippen LogP contribution is 2.40. The van der Waals surface area contributed by atoms with E-state index in [1.165, 1.54) is 27.5 Å². The zero-order chi connectivity index (χ0) is 25.4. The van der Waals surface area contributed by atoms with Crippen LogP contribution < -0.4 is 34.3 Å². The fourth-order valence-corrected chi connectivity index (χ4v) is 4.10. The van der Waals surface area contributed by atoms with Crippen molar-refractivity contribution in [2.75, 3.05) is 38.5 Å². The maximum Gasteiger partial charge on any atom is 0.277 e. The van der Waals surface area contributed by atoms with Crippen LogP contribution in [0.3, 0.4) is 0 Å². The zero-order valence-corrected chi connectivity index (χ0v) is 21.2. The van der Waals surface area contributed by atoms with E-state index < -0.39 is 10.2 Å². The molecule has 0 saturated carbocycles. The van der Waals surface area contributed by atoms with E-state index in [1.54, 1.807) is 37.3 Å². The zero-order valence-electron chi connectivity index (χ0n) is 19.7. The molecule has 0 unspecified atom stereocenters. The fourth-order valence-electron chi connectivity index (χ4n) is 3.14. The minimum absolute atomic E-state index is 0.0672. The van der Waals surface area contributed by atoms with Gasteiger partial charge in [0.15, 0.2) is 17.3 Å². The molecule has 4 N–H and O–H groups in total. The number of para-hydroxylation sites is 1. The van der Waals surface area contributed by atoms with Gasteiger partial charge >= 0.3 is 0 Å². The molecule has 3 aromatic rings. The van der Waals surface area contributed by atoms with Gasteiger partial charge in [-0.2, -0.15) is 18.1 Å². The van der Waals surface area contributed by atoms with Crippen LogP contribution in [-0.2, 0) is 16.8 Å². The van der Waals surface area contributed by atoms with E-state index in [9.17, 15) is 8.42 Å². The molecule has 0 aliphatic carbocycles. The Kier molecular flexibility index (Phi) is 8.93. The number of ether oxygens (including phenoxy) is 3. The van der Waals surface area contributed by atoms with Crippen LogP contribution in [0.4, 0.5) is 23.1 Å². The topological polar surface area (TPSA) is 136 Å². The van der Waals surface area contributed by atoms with Crippen molar-refractivity contribution < 1.29 is 22.6 Å². The summed E-state index contributed by atoms with van der Waals surface area (Å²) in [6.45, 7) is 2.06. The van der Waals surface area contributed by atoms with Crippen molar-refractivity contribution >= 4 is 45.0 Å². The summed E-state index contributed by atoms with van der Waals surface area (Å²) < 4.78 is 44.9. The van der Waals surface area contributed by atoms with Crippen LogP contribution in [0.5, 0.6) is 17.2 Å². The molecule has 2 aromatic carbocycles. The summed E-state index contributed by atoms with van der Waals surface area (Å²) >= 11 is 6.33. The molecule has 188 valence electrons. The molecule has 11 nitrogen and oxygen atoms in total. The fraction of sp³-hybridized carbons (Fsp3) is 0.273. The van der Waals surface area contributed by atoms with Gasteiger partial charge in [-0.15, -0.1) is 0 Å². The minimum Gasteiger partial charge on any atom is -0.493 e. The molecule has 0 bridgehead atoms. The molecule has 0 saturated heterocycles. The Hall–Kier alpha value is -3.32. The average molecular weight is 523 g/mol. The molecule has 35 heavy (non-hydrogen) atoms. The number of halogens is 1. The maximum atomic E-state index is 12.0. The molecular weight excluding hydrogens is 496 g/mol. The number of anilines is 4. The van der Waals surface area contributed by atoms with Gasteiger partial charge in [-0.3, -0.25) is 0 Å². The average Bonchev–Trinajstić information content (AvgIpc) is 2.84. The van der Waals surface area contributed by atoms with Crippen molar-refractivity contribution in [3.05, 3.63) is 53.2 Å². The van der Waals surface area contributed by atoms with Crippen LogP contribution in [0, 0.1) is 0 Å². The summed E-state index contributed by atoms with van der Waals surface area (Å²) in [5.74, 6) is 1.99. The predicted molar refractivity (Wildman–Crippen MR) is 136 cm³/mol. The Morgan fingerprint density at radius 2 is 1.66 bits per heavy atom. The molecule has 13 heteroatoms. The van der Waals surface area contributed by atoms with Crippen LogP contribution in [0.25, 0.3) is 0 Å². The number of hydrogen-bond acceptors (Lipinski definition) is 9. The van der Waals surface area contributed by atoms with Gasteiger partial charge in [-0.1, -0.05) is 36.7 Å². The Morgan fingerprint density at radius 3 is 2.29 bits per heavy atom. The predicted octanol–water partition coefficient (Wildman–Crippen LogP) is 3.59. The van der Waals surface area contributed by atoms with Crippen LogP contribution in [0.15, 0.2) is 42.6 Å². The monoisotopic (exact) mass is 522 g/mol. The number of methoxy groups -OCH3 is 3. The van der Waals surface area contributed by atoms with Crippen LogP contribution in [0.1, 0.15) is 12.5 Å². The first kappa shape index (κ1) is 26.3. The van der Waals surface area contributed by atoms with Gasteiger partial charge in [0.1, 0.15) is 5.02 Å². The van der Waals surface area contributed by atoms with E-state index in [-0.39, 0.29) is 24.1 Å². The van der Waals surface area contributed by atoms with Crippen molar-refractivity contribution in [1.82, 2.24) is 19.4 Å². The SMILES string of the molecule is CCNS(=O)(=O)NCc1ccccc1Nc1nc(Nc2cc(OC)c(OC)c(OC)c2)ncc1Cl. The molecule has 0 spiro atoms. The van der Waals surface area contributed by atoms with Gasteiger partial charge in [0.05, 0.1) is 27.5 Å². The highest BCUT2D eigenvalue weighted by molar-refractivity contribution is 7.87. The summed E-state index contributed by atoms with van der Waals surface area (Å²) in [4.78, 5) is 8.70. The summed E-state index contributed by atoms with van der Waals surface area (Å²) in [7, 11) is 0.971. The third kappa shape index (κ3) is 6.85. The molecule has 0 fully saturated rings. The molecular formula is C22H27ClN6O5S. The lowest BCUT2D eigenvalue weighted by atomic mass is 10.2. The second-order valence-corrected chi connectivity index (χ2v) is 9.03. The van der Waals surface area contributed by atoms with Crippen molar-refractivity contribution in [3.63, 3.8) is 0 Å². The van der Waals surface area contributed by atoms with Crippen molar-refractivity contribution in [1.29, 1.82) is 0 Å². The minimum atomic E-state index is -3.60. The van der Waals surface area contributed by atoms with Crippen molar-refractivity contribution in [2.45, 2.75) is 13.5 Å². The van der Waals surface area contributed by atoms with Gasteiger partial charge < -0.3 is 24.8 Å². The second kappa shape index (κ2) is 11.9. The highest BCUT2D eigenvalue weighted by Gasteiger charge is 2.15. The van der Waals surface area contributed by atoms with Crippen molar-refractivity contribution in [2.24, 2.45) is 0 Å². The number of hydrogen-bond donors (Lipinski definition) is 4. The number of aromatic nitrogens is 2. The van der Waals surface area contributed by atoms with Crippen LogP contribution in [-0.4, -0.2) is 46.3 Å². The third-order valence-electron chi connectivity index (χ3n) is 4.72. The number of nitrogens with zero attached hydrogens (tertiary/aromatic N) is 2. The first-order valence-corrected chi connectivity index (χ1v) is 12.3. The normalized spacial score (nSPS) is 11.1. The van der Waals surface area contributed by atoms with E-state index in [1.807, 2.05) is 6.07 Å². The third-order valence-corrected chi connectivity index (χ3v) is 6.19. The first-order valence-electron chi connectivity index (χ1n) is 10.5. The molecule has 1 aromatic heterocycles. The van der Waals surface area contributed by atoms with Crippen LogP contribution in [0.2, 0.25) is 5.02 Å². The first-order chi connectivity index (χ1) is 16.8. The summed E-state index contributed by atoms with van der Waals surface area (Å²) in [5.41, 5.74) is 1.93. The number of rotatable bonds is 12. The van der Waals surface area contributed by atoms with E-state index in [0.717, 1.165) is 0 Å². The maximum absolute atomic E-state index is 12.0. The standard InChI is InChI=1S/C22H27ClN6O5S/c1-5-25-35(30,31)26-12-14-8-6-7-9-17(14)28-21-16(23)13-24-22(29-21)27-15-10-18(32-2)20(34-4)19(11-15)33-3/h6-11,13,25-26H,5,12H2,1-4H3,(H2,24,27,28,29). The molecule has 3 rings (SSSR count). The van der Waals surface area contributed by atoms with E-state index in [4.69, 9.17) is 25.8 Å². The Bertz CT molecular complexity index is 1250. The molecule has 0 amide bonds. The Morgan fingerprint density at radius 1 is 0.971 bits per heavy atom.